The number of nitrogens with zero attached hydrogens (tertiary/aromatic N) is 3. The van der Waals surface area contributed by atoms with Gasteiger partial charge < -0.3 is 14.6 Å². The van der Waals surface area contributed by atoms with Gasteiger partial charge in [-0.3, -0.25) is 4.79 Å². The molecule has 2 aliphatic rings. The fourth-order valence-electron chi connectivity index (χ4n) is 4.01. The maximum atomic E-state index is 13.0. The predicted octanol–water partition coefficient (Wildman–Crippen LogP) is 1.58. The fraction of sp³-hybridized carbons (Fsp3) is 0.526. The Bertz CT molecular complexity index is 987. The van der Waals surface area contributed by atoms with Gasteiger partial charge in [0.1, 0.15) is 11.4 Å². The van der Waals surface area contributed by atoms with E-state index in [0.29, 0.717) is 45.0 Å². The number of hydrogen-bond acceptors (Lipinski definition) is 4. The minimum atomic E-state index is -3.40. The standard InChI is InChI=1S/C19H26N4O4S/c1-14-16-13-15(27-2)5-6-17(16)20-18(14)19(24)21-9-11-23(12-10-21)28(25,26)22-7-3-4-8-22/h5-6,13,20H,3-4,7-12H2,1-2H3. The molecule has 8 nitrogen and oxygen atoms in total. The molecular weight excluding hydrogens is 380 g/mol. The van der Waals surface area contributed by atoms with Crippen LogP contribution in [0.2, 0.25) is 0 Å². The third kappa shape index (κ3) is 3.27. The number of aryl methyl sites for hydroxylation is 1. The molecule has 0 spiro atoms. The number of methoxy groups -OCH3 is 1. The molecule has 1 aromatic heterocycles. The Hall–Kier alpha value is -2.10. The highest BCUT2D eigenvalue weighted by Gasteiger charge is 2.35. The number of H-pyrrole nitrogens is 1. The lowest BCUT2D eigenvalue weighted by molar-refractivity contribution is 0.0689. The Morgan fingerprint density at radius 2 is 1.68 bits per heavy atom. The molecule has 2 aliphatic heterocycles. The lowest BCUT2D eigenvalue weighted by Gasteiger charge is -2.35. The van der Waals surface area contributed by atoms with Crippen LogP contribution in [0.4, 0.5) is 0 Å². The van der Waals surface area contributed by atoms with Gasteiger partial charge in [-0.05, 0) is 43.5 Å². The van der Waals surface area contributed by atoms with E-state index in [0.717, 1.165) is 35.1 Å². The Kier molecular flexibility index (Phi) is 5.07. The number of amides is 1. The summed E-state index contributed by atoms with van der Waals surface area (Å²) in [6, 6.07) is 5.67. The van der Waals surface area contributed by atoms with Crippen molar-refractivity contribution >= 4 is 27.0 Å². The molecule has 3 heterocycles. The summed E-state index contributed by atoms with van der Waals surface area (Å²) in [6.45, 7) is 4.56. The normalized spacial score (nSPS) is 19.4. The molecule has 0 bridgehead atoms. The van der Waals surface area contributed by atoms with Crippen LogP contribution in [-0.2, 0) is 10.2 Å². The molecule has 1 N–H and O–H groups in total. The third-order valence-electron chi connectivity index (χ3n) is 5.72. The number of aromatic nitrogens is 1. The highest BCUT2D eigenvalue weighted by atomic mass is 32.2. The minimum absolute atomic E-state index is 0.0918. The van der Waals surface area contributed by atoms with Gasteiger partial charge >= 0.3 is 0 Å². The van der Waals surface area contributed by atoms with Crippen LogP contribution >= 0.6 is 0 Å². The number of aromatic amines is 1. The summed E-state index contributed by atoms with van der Waals surface area (Å²) in [6.07, 6.45) is 1.84. The van der Waals surface area contributed by atoms with Crippen LogP contribution in [0, 0.1) is 6.92 Å². The lowest BCUT2D eigenvalue weighted by Crippen LogP contribution is -2.53. The van der Waals surface area contributed by atoms with Crippen molar-refractivity contribution in [2.24, 2.45) is 0 Å². The largest absolute Gasteiger partial charge is 0.497 e. The van der Waals surface area contributed by atoms with E-state index in [1.165, 1.54) is 4.31 Å². The minimum Gasteiger partial charge on any atom is -0.497 e. The Morgan fingerprint density at radius 1 is 1.04 bits per heavy atom. The van der Waals surface area contributed by atoms with Crippen LogP contribution < -0.4 is 4.74 Å². The summed E-state index contributed by atoms with van der Waals surface area (Å²) in [7, 11) is -1.79. The van der Waals surface area contributed by atoms with Crippen molar-refractivity contribution in [2.45, 2.75) is 19.8 Å². The van der Waals surface area contributed by atoms with Crippen LogP contribution in [0.3, 0.4) is 0 Å². The molecule has 0 aliphatic carbocycles. The molecule has 2 fully saturated rings. The van der Waals surface area contributed by atoms with Gasteiger partial charge in [-0.15, -0.1) is 0 Å². The molecular formula is C19H26N4O4S. The number of fused-ring (bicyclic) bond motifs is 1. The van der Waals surface area contributed by atoms with Crippen LogP contribution in [0.5, 0.6) is 5.75 Å². The zero-order valence-electron chi connectivity index (χ0n) is 16.3. The van der Waals surface area contributed by atoms with E-state index < -0.39 is 10.2 Å². The molecule has 9 heteroatoms. The number of carbonyl (C=O) groups is 1. The van der Waals surface area contributed by atoms with E-state index in [1.807, 2.05) is 25.1 Å². The first-order valence-electron chi connectivity index (χ1n) is 9.62. The Labute approximate surface area is 165 Å². The van der Waals surface area contributed by atoms with Crippen LogP contribution in [-0.4, -0.2) is 79.2 Å². The van der Waals surface area contributed by atoms with Crippen molar-refractivity contribution in [2.75, 3.05) is 46.4 Å². The second kappa shape index (κ2) is 7.38. The van der Waals surface area contributed by atoms with Gasteiger partial charge in [-0.1, -0.05) is 0 Å². The molecule has 0 radical (unpaired) electrons. The van der Waals surface area contributed by atoms with Crippen LogP contribution in [0.25, 0.3) is 10.9 Å². The average molecular weight is 407 g/mol. The number of carbonyl (C=O) groups excluding carboxylic acids is 1. The van der Waals surface area contributed by atoms with E-state index in [9.17, 15) is 13.2 Å². The molecule has 28 heavy (non-hydrogen) atoms. The smallest absolute Gasteiger partial charge is 0.282 e. The summed E-state index contributed by atoms with van der Waals surface area (Å²) in [5.74, 6) is 0.653. The van der Waals surface area contributed by atoms with Gasteiger partial charge in [0, 0.05) is 50.2 Å². The molecule has 1 aromatic carbocycles. The first-order valence-corrected chi connectivity index (χ1v) is 11.0. The third-order valence-corrected chi connectivity index (χ3v) is 7.76. The number of ether oxygens (including phenoxy) is 1. The first kappa shape index (κ1) is 19.2. The van der Waals surface area contributed by atoms with Gasteiger partial charge in [0.2, 0.25) is 0 Å². The molecule has 2 aromatic rings. The highest BCUT2D eigenvalue weighted by molar-refractivity contribution is 7.86. The maximum Gasteiger partial charge on any atom is 0.282 e. The lowest BCUT2D eigenvalue weighted by atomic mass is 10.1. The Morgan fingerprint density at radius 3 is 2.32 bits per heavy atom. The zero-order valence-corrected chi connectivity index (χ0v) is 17.1. The van der Waals surface area contributed by atoms with Crippen molar-refractivity contribution in [3.8, 4) is 5.75 Å². The molecule has 0 unspecified atom stereocenters. The van der Waals surface area contributed by atoms with Crippen LogP contribution in [0.1, 0.15) is 28.9 Å². The molecule has 4 rings (SSSR count). The van der Waals surface area contributed by atoms with Crippen molar-refractivity contribution in [3.63, 3.8) is 0 Å². The average Bonchev–Trinajstić information content (AvgIpc) is 3.36. The number of hydrogen-bond donors (Lipinski definition) is 1. The SMILES string of the molecule is COc1ccc2[nH]c(C(=O)N3CCN(S(=O)(=O)N4CCCC4)CC3)c(C)c2c1. The first-order chi connectivity index (χ1) is 13.4. The maximum absolute atomic E-state index is 13.0. The predicted molar refractivity (Wildman–Crippen MR) is 107 cm³/mol. The van der Waals surface area contributed by atoms with Crippen molar-refractivity contribution < 1.29 is 17.9 Å². The van der Waals surface area contributed by atoms with Crippen LogP contribution in [0.15, 0.2) is 18.2 Å². The zero-order chi connectivity index (χ0) is 19.9. The quantitative estimate of drug-likeness (QED) is 0.835. The van der Waals surface area contributed by atoms with Gasteiger partial charge in [-0.2, -0.15) is 17.0 Å². The monoisotopic (exact) mass is 406 g/mol. The van der Waals surface area contributed by atoms with Gasteiger partial charge in [0.15, 0.2) is 0 Å². The summed E-state index contributed by atoms with van der Waals surface area (Å²) in [4.78, 5) is 18.0. The molecule has 152 valence electrons. The van der Waals surface area contributed by atoms with E-state index in [-0.39, 0.29) is 5.91 Å². The van der Waals surface area contributed by atoms with E-state index >= 15 is 0 Å². The second-order valence-corrected chi connectivity index (χ2v) is 9.27. The Balaban J connectivity index is 1.48. The van der Waals surface area contributed by atoms with E-state index in [2.05, 4.69) is 4.98 Å². The van der Waals surface area contributed by atoms with Crippen molar-refractivity contribution in [3.05, 3.63) is 29.5 Å². The molecule has 0 saturated carbocycles. The summed E-state index contributed by atoms with van der Waals surface area (Å²) < 4.78 is 33.7. The number of rotatable bonds is 4. The topological polar surface area (TPSA) is 86.0 Å². The van der Waals surface area contributed by atoms with Gasteiger partial charge in [-0.25, -0.2) is 0 Å². The van der Waals surface area contributed by atoms with Gasteiger partial charge in [0.25, 0.3) is 16.1 Å². The number of benzene rings is 1. The summed E-state index contributed by atoms with van der Waals surface area (Å²) in [5, 5.41) is 0.956. The number of nitrogens with one attached hydrogen (secondary N) is 1. The summed E-state index contributed by atoms with van der Waals surface area (Å²) >= 11 is 0. The number of piperazine rings is 1. The highest BCUT2D eigenvalue weighted by Crippen LogP contribution is 2.27. The molecule has 1 amide bonds. The van der Waals surface area contributed by atoms with E-state index in [1.54, 1.807) is 16.3 Å². The molecule has 2 saturated heterocycles. The van der Waals surface area contributed by atoms with E-state index in [4.69, 9.17) is 4.74 Å². The fourth-order valence-corrected chi connectivity index (χ4v) is 5.68. The molecule has 0 atom stereocenters. The summed E-state index contributed by atoms with van der Waals surface area (Å²) in [5.41, 5.74) is 2.32. The van der Waals surface area contributed by atoms with Gasteiger partial charge in [0.05, 0.1) is 7.11 Å². The second-order valence-electron chi connectivity index (χ2n) is 7.34. The van der Waals surface area contributed by atoms with Crippen molar-refractivity contribution in [1.29, 1.82) is 0 Å². The van der Waals surface area contributed by atoms with Crippen molar-refractivity contribution in [1.82, 2.24) is 18.5 Å².